The van der Waals surface area contributed by atoms with Gasteiger partial charge < -0.3 is 4.74 Å². The van der Waals surface area contributed by atoms with Crippen LogP contribution in [0.25, 0.3) is 16.9 Å². The number of ether oxygens (including phenoxy) is 1. The van der Waals surface area contributed by atoms with Crippen molar-refractivity contribution in [2.75, 3.05) is 7.11 Å². The highest BCUT2D eigenvalue weighted by Gasteiger charge is 2.20. The standard InChI is InChI=1S/C18H18N4O2/c1-10(2)15-16(12-5-6-14(24-4)11(3)7-12)21-17-13(8-19)9-20-22(17)18(15)23/h5-7,9-10,20H,1-4H3. The lowest BCUT2D eigenvalue weighted by atomic mass is 9.97. The number of hydrogen-bond acceptors (Lipinski definition) is 4. The molecule has 0 saturated carbocycles. The van der Waals surface area contributed by atoms with E-state index in [9.17, 15) is 10.1 Å². The minimum atomic E-state index is -0.181. The summed E-state index contributed by atoms with van der Waals surface area (Å²) in [6.45, 7) is 5.86. The fraction of sp³-hybridized carbons (Fsp3) is 0.278. The summed E-state index contributed by atoms with van der Waals surface area (Å²) < 4.78 is 6.62. The number of fused-ring (bicyclic) bond motifs is 1. The van der Waals surface area contributed by atoms with E-state index in [4.69, 9.17) is 4.74 Å². The molecule has 1 aromatic carbocycles. The minimum Gasteiger partial charge on any atom is -0.496 e. The van der Waals surface area contributed by atoms with Crippen molar-refractivity contribution >= 4 is 5.65 Å². The molecule has 0 spiro atoms. The van der Waals surface area contributed by atoms with Crippen LogP contribution in [0.1, 0.15) is 36.5 Å². The Labute approximate surface area is 139 Å². The molecule has 2 heterocycles. The van der Waals surface area contributed by atoms with Crippen LogP contribution < -0.4 is 10.3 Å². The van der Waals surface area contributed by atoms with E-state index in [1.807, 2.05) is 39.0 Å². The average Bonchev–Trinajstić information content (AvgIpc) is 2.97. The topological polar surface area (TPSA) is 83.2 Å². The van der Waals surface area contributed by atoms with Crippen LogP contribution in [0.3, 0.4) is 0 Å². The summed E-state index contributed by atoms with van der Waals surface area (Å²) in [6, 6.07) is 7.75. The van der Waals surface area contributed by atoms with Gasteiger partial charge in [0, 0.05) is 17.3 Å². The van der Waals surface area contributed by atoms with Gasteiger partial charge in [-0.25, -0.2) is 9.50 Å². The normalized spacial score (nSPS) is 11.0. The number of benzene rings is 1. The van der Waals surface area contributed by atoms with Crippen LogP contribution in [0.2, 0.25) is 0 Å². The summed E-state index contributed by atoms with van der Waals surface area (Å²) in [4.78, 5) is 17.5. The number of nitrogens with zero attached hydrogens (tertiary/aromatic N) is 3. The number of methoxy groups -OCH3 is 1. The lowest BCUT2D eigenvalue weighted by Gasteiger charge is -2.13. The predicted octanol–water partition coefficient (Wildman–Crippen LogP) is 3.00. The van der Waals surface area contributed by atoms with Crippen molar-refractivity contribution in [3.8, 4) is 23.1 Å². The first-order valence-electron chi connectivity index (χ1n) is 7.67. The van der Waals surface area contributed by atoms with Gasteiger partial charge in [-0.15, -0.1) is 0 Å². The third kappa shape index (κ3) is 2.35. The Balaban J connectivity index is 2.37. The van der Waals surface area contributed by atoms with Gasteiger partial charge in [0.05, 0.1) is 12.8 Å². The first-order chi connectivity index (χ1) is 11.5. The number of aromatic amines is 1. The summed E-state index contributed by atoms with van der Waals surface area (Å²) >= 11 is 0. The van der Waals surface area contributed by atoms with E-state index in [0.29, 0.717) is 22.5 Å². The second-order valence-electron chi connectivity index (χ2n) is 5.98. The van der Waals surface area contributed by atoms with Gasteiger partial charge in [-0.05, 0) is 36.6 Å². The highest BCUT2D eigenvalue weighted by atomic mass is 16.5. The molecule has 0 atom stereocenters. The van der Waals surface area contributed by atoms with Crippen molar-refractivity contribution in [2.24, 2.45) is 0 Å². The highest BCUT2D eigenvalue weighted by Crippen LogP contribution is 2.29. The molecule has 3 rings (SSSR count). The van der Waals surface area contributed by atoms with Crippen LogP contribution in [0, 0.1) is 18.3 Å². The fourth-order valence-corrected chi connectivity index (χ4v) is 2.88. The lowest BCUT2D eigenvalue weighted by molar-refractivity contribution is 0.412. The maximum absolute atomic E-state index is 12.9. The Morgan fingerprint density at radius 3 is 2.71 bits per heavy atom. The minimum absolute atomic E-state index is 0.00635. The molecule has 0 aliphatic rings. The number of aromatic nitrogens is 3. The first kappa shape index (κ1) is 15.8. The number of aryl methyl sites for hydroxylation is 1. The quantitative estimate of drug-likeness (QED) is 0.803. The zero-order chi connectivity index (χ0) is 17.4. The van der Waals surface area contributed by atoms with E-state index in [2.05, 4.69) is 16.2 Å². The maximum Gasteiger partial charge on any atom is 0.276 e. The zero-order valence-electron chi connectivity index (χ0n) is 14.0. The summed E-state index contributed by atoms with van der Waals surface area (Å²) in [5, 5.41) is 12.0. The second-order valence-corrected chi connectivity index (χ2v) is 5.98. The van der Waals surface area contributed by atoms with Crippen molar-refractivity contribution in [1.82, 2.24) is 14.6 Å². The lowest BCUT2D eigenvalue weighted by Crippen LogP contribution is -2.22. The molecule has 24 heavy (non-hydrogen) atoms. The molecule has 1 N–H and O–H groups in total. The molecule has 6 heteroatoms. The number of nitrogens with one attached hydrogen (secondary N) is 1. The molecule has 0 amide bonds. The van der Waals surface area contributed by atoms with Gasteiger partial charge in [0.15, 0.2) is 5.65 Å². The van der Waals surface area contributed by atoms with E-state index in [1.54, 1.807) is 7.11 Å². The van der Waals surface area contributed by atoms with Crippen molar-refractivity contribution in [3.05, 3.63) is 51.4 Å². The van der Waals surface area contributed by atoms with Gasteiger partial charge in [0.25, 0.3) is 5.56 Å². The smallest absolute Gasteiger partial charge is 0.276 e. The number of nitriles is 1. The molecule has 6 nitrogen and oxygen atoms in total. The third-order valence-electron chi connectivity index (χ3n) is 4.06. The van der Waals surface area contributed by atoms with Crippen LogP contribution >= 0.6 is 0 Å². The molecule has 0 fully saturated rings. The maximum atomic E-state index is 12.9. The molecule has 0 aliphatic carbocycles. The van der Waals surface area contributed by atoms with Gasteiger partial charge in [-0.1, -0.05) is 13.8 Å². The van der Waals surface area contributed by atoms with Crippen molar-refractivity contribution in [2.45, 2.75) is 26.7 Å². The largest absolute Gasteiger partial charge is 0.496 e. The molecule has 0 saturated heterocycles. The van der Waals surface area contributed by atoms with Gasteiger partial charge >= 0.3 is 0 Å². The summed E-state index contributed by atoms with van der Waals surface area (Å²) in [5.74, 6) is 0.773. The predicted molar refractivity (Wildman–Crippen MR) is 91.3 cm³/mol. The van der Waals surface area contributed by atoms with Crippen LogP contribution in [0.4, 0.5) is 0 Å². The van der Waals surface area contributed by atoms with Crippen molar-refractivity contribution in [1.29, 1.82) is 5.26 Å². The van der Waals surface area contributed by atoms with Crippen LogP contribution in [-0.2, 0) is 0 Å². The Morgan fingerprint density at radius 1 is 1.38 bits per heavy atom. The van der Waals surface area contributed by atoms with Crippen molar-refractivity contribution in [3.63, 3.8) is 0 Å². The fourth-order valence-electron chi connectivity index (χ4n) is 2.88. The molecule has 122 valence electrons. The number of rotatable bonds is 3. The Bertz CT molecular complexity index is 1020. The average molecular weight is 322 g/mol. The van der Waals surface area contributed by atoms with Gasteiger partial charge in [0.2, 0.25) is 0 Å². The molecule has 0 unspecified atom stereocenters. The van der Waals surface area contributed by atoms with Crippen LogP contribution in [-0.4, -0.2) is 21.7 Å². The third-order valence-corrected chi connectivity index (χ3v) is 4.06. The first-order valence-corrected chi connectivity index (χ1v) is 7.67. The summed E-state index contributed by atoms with van der Waals surface area (Å²) in [5.41, 5.74) is 3.52. The molecule has 0 radical (unpaired) electrons. The monoisotopic (exact) mass is 322 g/mol. The number of H-pyrrole nitrogens is 1. The Kier molecular flexibility index (Phi) is 3.86. The number of hydrogen-bond donors (Lipinski definition) is 1. The summed E-state index contributed by atoms with van der Waals surface area (Å²) in [6.07, 6.45) is 1.50. The van der Waals surface area contributed by atoms with Crippen LogP contribution in [0.15, 0.2) is 29.2 Å². The SMILES string of the molecule is COc1ccc(-c2nc3c(C#N)c[nH]n3c(=O)c2C(C)C)cc1C. The van der Waals surface area contributed by atoms with Crippen LogP contribution in [0.5, 0.6) is 5.75 Å². The Morgan fingerprint density at radius 2 is 2.12 bits per heavy atom. The Hall–Kier alpha value is -3.07. The van der Waals surface area contributed by atoms with E-state index in [1.165, 1.54) is 10.7 Å². The van der Waals surface area contributed by atoms with Gasteiger partial charge in [-0.2, -0.15) is 5.26 Å². The van der Waals surface area contributed by atoms with E-state index in [-0.39, 0.29) is 11.5 Å². The van der Waals surface area contributed by atoms with Gasteiger partial charge in [0.1, 0.15) is 17.4 Å². The van der Waals surface area contributed by atoms with Gasteiger partial charge in [-0.3, -0.25) is 9.89 Å². The highest BCUT2D eigenvalue weighted by molar-refractivity contribution is 5.69. The van der Waals surface area contributed by atoms with Crippen molar-refractivity contribution < 1.29 is 4.74 Å². The van der Waals surface area contributed by atoms with E-state index in [0.717, 1.165) is 16.9 Å². The molecule has 3 aromatic rings. The zero-order valence-corrected chi connectivity index (χ0v) is 14.0. The second kappa shape index (κ2) is 5.85. The van der Waals surface area contributed by atoms with E-state index >= 15 is 0 Å². The van der Waals surface area contributed by atoms with E-state index < -0.39 is 0 Å². The molecule has 2 aromatic heterocycles. The molecular formula is C18H18N4O2. The molecular weight excluding hydrogens is 304 g/mol. The molecule has 0 aliphatic heterocycles. The molecule has 0 bridgehead atoms. The summed E-state index contributed by atoms with van der Waals surface area (Å²) in [7, 11) is 1.62.